The van der Waals surface area contributed by atoms with E-state index in [0.717, 1.165) is 16.7 Å². The van der Waals surface area contributed by atoms with Gasteiger partial charge < -0.3 is 0 Å². The van der Waals surface area contributed by atoms with E-state index in [4.69, 9.17) is 0 Å². The second-order valence-corrected chi connectivity index (χ2v) is 6.75. The van der Waals surface area contributed by atoms with E-state index in [0.29, 0.717) is 9.77 Å². The molecule has 1 aromatic carbocycles. The Hall–Kier alpha value is -1.46. The molecule has 17 heavy (non-hydrogen) atoms. The minimum Gasteiger partial charge on any atom is -0.297 e. The normalized spacial score (nSPS) is 11.4. The van der Waals surface area contributed by atoms with Gasteiger partial charge in [-0.1, -0.05) is 12.1 Å². The summed E-state index contributed by atoms with van der Waals surface area (Å²) in [5.41, 5.74) is 0.913. The lowest BCUT2D eigenvalue weighted by atomic mass is 10.2. The highest BCUT2D eigenvalue weighted by molar-refractivity contribution is 7.90. The third-order valence-electron chi connectivity index (χ3n) is 2.31. The summed E-state index contributed by atoms with van der Waals surface area (Å²) in [5, 5.41) is 0. The molecule has 0 amide bonds. The topological polar surface area (TPSA) is 51.2 Å². The monoisotopic (exact) mass is 266 g/mol. The Morgan fingerprint density at radius 3 is 2.18 bits per heavy atom. The zero-order valence-electron chi connectivity index (χ0n) is 9.08. The van der Waals surface area contributed by atoms with Crippen LogP contribution in [0.15, 0.2) is 41.3 Å². The third kappa shape index (κ3) is 2.62. The van der Waals surface area contributed by atoms with E-state index in [2.05, 4.69) is 0 Å². The smallest absolute Gasteiger partial charge is 0.175 e. The molecule has 0 N–H and O–H groups in total. The lowest BCUT2D eigenvalue weighted by Gasteiger charge is -2.00. The molecule has 0 spiro atoms. The first-order valence-corrected chi connectivity index (χ1v) is 7.57. The summed E-state index contributed by atoms with van der Waals surface area (Å²) in [6, 6.07) is 10.2. The van der Waals surface area contributed by atoms with Crippen molar-refractivity contribution < 1.29 is 13.2 Å². The molecule has 2 rings (SSSR count). The number of aldehydes is 1. The molecule has 5 heteroatoms. The zero-order valence-corrected chi connectivity index (χ0v) is 10.7. The van der Waals surface area contributed by atoms with Crippen LogP contribution in [0.4, 0.5) is 0 Å². The van der Waals surface area contributed by atoms with Crippen LogP contribution in [0.5, 0.6) is 0 Å². The van der Waals surface area contributed by atoms with Crippen LogP contribution in [-0.2, 0) is 9.84 Å². The van der Waals surface area contributed by atoms with Crippen molar-refractivity contribution in [3.63, 3.8) is 0 Å². The average molecular weight is 266 g/mol. The van der Waals surface area contributed by atoms with Gasteiger partial charge in [-0.25, -0.2) is 8.42 Å². The second-order valence-electron chi connectivity index (χ2n) is 3.62. The van der Waals surface area contributed by atoms with E-state index in [1.165, 1.54) is 17.6 Å². The van der Waals surface area contributed by atoms with E-state index in [9.17, 15) is 13.2 Å². The zero-order chi connectivity index (χ0) is 12.5. The van der Waals surface area contributed by atoms with E-state index >= 15 is 0 Å². The maximum Gasteiger partial charge on any atom is 0.175 e. The fourth-order valence-corrected chi connectivity index (χ4v) is 2.90. The van der Waals surface area contributed by atoms with Crippen LogP contribution < -0.4 is 0 Å². The van der Waals surface area contributed by atoms with Gasteiger partial charge >= 0.3 is 0 Å². The van der Waals surface area contributed by atoms with Gasteiger partial charge in [0, 0.05) is 11.1 Å². The first-order valence-electron chi connectivity index (χ1n) is 4.86. The quantitative estimate of drug-likeness (QED) is 0.802. The summed E-state index contributed by atoms with van der Waals surface area (Å²) in [6.45, 7) is 0. The second kappa shape index (κ2) is 4.43. The average Bonchev–Trinajstić information content (AvgIpc) is 2.76. The Kier molecular flexibility index (Phi) is 3.13. The number of thiophene rings is 1. The Labute approximate surface area is 104 Å². The van der Waals surface area contributed by atoms with Crippen molar-refractivity contribution in [3.8, 4) is 10.4 Å². The van der Waals surface area contributed by atoms with Gasteiger partial charge in [-0.2, -0.15) is 0 Å². The molecular weight excluding hydrogens is 256 g/mol. The SMILES string of the molecule is CS(=O)(=O)c1ccc(-c2ccc(C=O)s2)cc1. The van der Waals surface area contributed by atoms with Crippen molar-refractivity contribution in [1.82, 2.24) is 0 Å². The predicted molar refractivity (Wildman–Crippen MR) is 68.3 cm³/mol. The molecule has 0 aliphatic carbocycles. The lowest BCUT2D eigenvalue weighted by molar-refractivity contribution is 0.112. The van der Waals surface area contributed by atoms with E-state index in [-0.39, 0.29) is 0 Å². The number of hydrogen-bond acceptors (Lipinski definition) is 4. The number of carbonyl (C=O) groups excluding carboxylic acids is 1. The number of rotatable bonds is 3. The van der Waals surface area contributed by atoms with Crippen LogP contribution in [0.3, 0.4) is 0 Å². The van der Waals surface area contributed by atoms with Crippen molar-refractivity contribution in [2.45, 2.75) is 4.90 Å². The Morgan fingerprint density at radius 1 is 1.06 bits per heavy atom. The molecule has 1 heterocycles. The Balaban J connectivity index is 2.38. The number of benzene rings is 1. The molecule has 0 atom stereocenters. The van der Waals surface area contributed by atoms with Crippen LogP contribution in [0, 0.1) is 0 Å². The first kappa shape index (κ1) is 12.0. The fourth-order valence-electron chi connectivity index (χ4n) is 1.44. The molecule has 88 valence electrons. The summed E-state index contributed by atoms with van der Waals surface area (Å²) in [5.74, 6) is 0. The van der Waals surface area contributed by atoms with Gasteiger partial charge in [0.2, 0.25) is 0 Å². The van der Waals surface area contributed by atoms with Gasteiger partial charge in [0.15, 0.2) is 16.1 Å². The third-order valence-corrected chi connectivity index (χ3v) is 4.50. The summed E-state index contributed by atoms with van der Waals surface area (Å²) in [4.78, 5) is 12.5. The molecule has 1 aromatic heterocycles. The molecule has 0 fully saturated rings. The lowest BCUT2D eigenvalue weighted by Crippen LogP contribution is -1.95. The van der Waals surface area contributed by atoms with Crippen LogP contribution >= 0.6 is 11.3 Å². The Morgan fingerprint density at radius 2 is 1.71 bits per heavy atom. The first-order chi connectivity index (χ1) is 8.00. The van der Waals surface area contributed by atoms with E-state index < -0.39 is 9.84 Å². The standard InChI is InChI=1S/C12H10O3S2/c1-17(14,15)11-5-2-9(3-6-11)12-7-4-10(8-13)16-12/h2-8H,1H3. The summed E-state index contributed by atoms with van der Waals surface area (Å²) in [7, 11) is -3.15. The van der Waals surface area contributed by atoms with E-state index in [1.807, 2.05) is 6.07 Å². The van der Waals surface area contributed by atoms with Gasteiger partial charge in [0.05, 0.1) is 9.77 Å². The summed E-state index contributed by atoms with van der Waals surface area (Å²) >= 11 is 1.38. The largest absolute Gasteiger partial charge is 0.297 e. The number of sulfone groups is 1. The van der Waals surface area contributed by atoms with Crippen LogP contribution in [0.2, 0.25) is 0 Å². The molecule has 3 nitrogen and oxygen atoms in total. The maximum atomic E-state index is 11.3. The minimum atomic E-state index is -3.15. The minimum absolute atomic E-state index is 0.299. The highest BCUT2D eigenvalue weighted by Gasteiger charge is 2.07. The highest BCUT2D eigenvalue weighted by Crippen LogP contribution is 2.28. The molecule has 0 bridgehead atoms. The summed E-state index contributed by atoms with van der Waals surface area (Å²) < 4.78 is 22.6. The van der Waals surface area contributed by atoms with Gasteiger partial charge in [-0.05, 0) is 29.8 Å². The van der Waals surface area contributed by atoms with Crippen molar-refractivity contribution in [1.29, 1.82) is 0 Å². The van der Waals surface area contributed by atoms with Crippen molar-refractivity contribution in [2.24, 2.45) is 0 Å². The predicted octanol–water partition coefficient (Wildman–Crippen LogP) is 2.63. The van der Waals surface area contributed by atoms with Crippen molar-refractivity contribution in [3.05, 3.63) is 41.3 Å². The molecule has 2 aromatic rings. The van der Waals surface area contributed by atoms with Crippen LogP contribution in [0.1, 0.15) is 9.67 Å². The number of carbonyl (C=O) groups is 1. The Bertz CT molecular complexity index is 637. The van der Waals surface area contributed by atoms with Crippen LogP contribution in [0.25, 0.3) is 10.4 Å². The van der Waals surface area contributed by atoms with Gasteiger partial charge in [0.1, 0.15) is 0 Å². The number of hydrogen-bond donors (Lipinski definition) is 0. The molecule has 0 saturated heterocycles. The highest BCUT2D eigenvalue weighted by atomic mass is 32.2. The summed E-state index contributed by atoms with van der Waals surface area (Å²) in [6.07, 6.45) is 1.98. The molecule has 0 saturated carbocycles. The molecule has 0 aliphatic heterocycles. The van der Waals surface area contributed by atoms with Gasteiger partial charge in [0.25, 0.3) is 0 Å². The van der Waals surface area contributed by atoms with E-state index in [1.54, 1.807) is 30.3 Å². The maximum absolute atomic E-state index is 11.3. The molecule has 0 aliphatic rings. The van der Waals surface area contributed by atoms with Gasteiger partial charge in [-0.3, -0.25) is 4.79 Å². The molecular formula is C12H10O3S2. The molecule has 0 unspecified atom stereocenters. The van der Waals surface area contributed by atoms with Crippen molar-refractivity contribution in [2.75, 3.05) is 6.26 Å². The van der Waals surface area contributed by atoms with Gasteiger partial charge in [-0.15, -0.1) is 11.3 Å². The molecule has 0 radical (unpaired) electrons. The van der Waals surface area contributed by atoms with Crippen molar-refractivity contribution >= 4 is 27.5 Å². The van der Waals surface area contributed by atoms with Crippen LogP contribution in [-0.4, -0.2) is 21.0 Å². The fraction of sp³-hybridized carbons (Fsp3) is 0.0833.